The summed E-state index contributed by atoms with van der Waals surface area (Å²) in [5.41, 5.74) is 0. The van der Waals surface area contributed by atoms with Gasteiger partial charge in [-0.05, 0) is 25.7 Å². The minimum absolute atomic E-state index is 0.0707. The monoisotopic (exact) mass is 312 g/mol. The first-order valence-electron chi connectivity index (χ1n) is 8.57. The van der Waals surface area contributed by atoms with Crippen LogP contribution in [0.25, 0.3) is 0 Å². The Morgan fingerprint density at radius 1 is 1.00 bits per heavy atom. The molecule has 0 spiro atoms. The fraction of sp³-hybridized carbons (Fsp3) is 0.722. The number of carboxylic acid groups (broad SMARTS) is 1. The molecule has 22 heavy (non-hydrogen) atoms. The molecule has 0 aromatic rings. The fourth-order valence-corrected chi connectivity index (χ4v) is 2.35. The van der Waals surface area contributed by atoms with E-state index >= 15 is 0 Å². The van der Waals surface area contributed by atoms with Gasteiger partial charge in [0.2, 0.25) is 0 Å². The number of unbranched alkanes of at least 4 members (excludes halogenated alkanes) is 7. The number of carbonyl (C=O) groups is 1. The third kappa shape index (κ3) is 15.3. The highest BCUT2D eigenvalue weighted by Crippen LogP contribution is 2.14. The molecule has 0 aliphatic carbocycles. The van der Waals surface area contributed by atoms with Crippen LogP contribution in [0.5, 0.6) is 0 Å². The molecule has 0 amide bonds. The van der Waals surface area contributed by atoms with Gasteiger partial charge in [-0.15, -0.1) is 0 Å². The van der Waals surface area contributed by atoms with Gasteiger partial charge in [0.25, 0.3) is 0 Å². The molecule has 0 saturated heterocycles. The zero-order valence-corrected chi connectivity index (χ0v) is 13.9. The van der Waals surface area contributed by atoms with Gasteiger partial charge >= 0.3 is 5.97 Å². The van der Waals surface area contributed by atoms with E-state index in [0.717, 1.165) is 38.2 Å². The van der Waals surface area contributed by atoms with Crippen molar-refractivity contribution in [1.82, 2.24) is 0 Å². The quantitative estimate of drug-likeness (QED) is 0.141. The molecule has 128 valence electrons. The van der Waals surface area contributed by atoms with Gasteiger partial charge in [-0.25, -0.2) is 9.68 Å². The first kappa shape index (κ1) is 20.9. The van der Waals surface area contributed by atoms with Gasteiger partial charge < -0.3 is 5.11 Å². The maximum absolute atomic E-state index is 10.3. The standard InChI is InChI=1S/C18H32O4/c1-2-3-4-5-6-8-11-14-17(22-21)15-12-9-7-10-13-16-18(19)20/h7,10,13,16-17,21H,2-6,8-9,11-12,14-15H2,1H3,(H,19,20)/b10-7+,16-13-. The van der Waals surface area contributed by atoms with Crippen LogP contribution in [-0.2, 0) is 9.68 Å². The van der Waals surface area contributed by atoms with E-state index in [2.05, 4.69) is 11.8 Å². The molecular weight excluding hydrogens is 280 g/mol. The highest BCUT2D eigenvalue weighted by Gasteiger charge is 2.07. The van der Waals surface area contributed by atoms with Crippen LogP contribution < -0.4 is 0 Å². The average Bonchev–Trinajstić information content (AvgIpc) is 2.50. The molecule has 0 heterocycles. The van der Waals surface area contributed by atoms with E-state index in [1.165, 1.54) is 44.6 Å². The van der Waals surface area contributed by atoms with E-state index in [-0.39, 0.29) is 6.10 Å². The summed E-state index contributed by atoms with van der Waals surface area (Å²) in [4.78, 5) is 14.8. The molecule has 4 heteroatoms. The fourth-order valence-electron chi connectivity index (χ4n) is 2.35. The Labute approximate surface area is 134 Å². The Hall–Kier alpha value is -1.13. The Kier molecular flexibility index (Phi) is 15.4. The highest BCUT2D eigenvalue weighted by molar-refractivity contribution is 5.80. The first-order valence-corrected chi connectivity index (χ1v) is 8.57. The van der Waals surface area contributed by atoms with Crippen LogP contribution in [0.4, 0.5) is 0 Å². The summed E-state index contributed by atoms with van der Waals surface area (Å²) in [6.07, 6.45) is 18.6. The van der Waals surface area contributed by atoms with Gasteiger partial charge in [0.15, 0.2) is 0 Å². The Morgan fingerprint density at radius 2 is 1.64 bits per heavy atom. The van der Waals surface area contributed by atoms with Gasteiger partial charge in [-0.3, -0.25) is 5.26 Å². The Morgan fingerprint density at radius 3 is 2.27 bits per heavy atom. The van der Waals surface area contributed by atoms with Crippen molar-refractivity contribution in [3.8, 4) is 0 Å². The molecule has 0 aliphatic rings. The Bertz CT molecular complexity index is 310. The highest BCUT2D eigenvalue weighted by atomic mass is 17.1. The SMILES string of the molecule is CCCCCCCCCC(CCC/C=C/C=C\C(=O)O)OO. The second-order valence-electron chi connectivity index (χ2n) is 5.69. The van der Waals surface area contributed by atoms with Crippen LogP contribution in [0, 0.1) is 0 Å². The van der Waals surface area contributed by atoms with E-state index in [9.17, 15) is 4.79 Å². The number of hydrogen-bond acceptors (Lipinski definition) is 3. The molecule has 1 atom stereocenters. The van der Waals surface area contributed by atoms with Gasteiger partial charge in [0, 0.05) is 6.08 Å². The molecule has 0 rings (SSSR count). The summed E-state index contributed by atoms with van der Waals surface area (Å²) in [7, 11) is 0. The summed E-state index contributed by atoms with van der Waals surface area (Å²) in [5.74, 6) is -0.937. The third-order valence-corrected chi connectivity index (χ3v) is 3.66. The van der Waals surface area contributed by atoms with Crippen LogP contribution in [0.15, 0.2) is 24.3 Å². The van der Waals surface area contributed by atoms with Gasteiger partial charge in [-0.1, -0.05) is 70.1 Å². The molecule has 0 aromatic heterocycles. The minimum Gasteiger partial charge on any atom is -0.478 e. The second kappa shape index (κ2) is 16.2. The van der Waals surface area contributed by atoms with Crippen LogP contribution in [0.1, 0.15) is 77.6 Å². The van der Waals surface area contributed by atoms with Crippen LogP contribution in [-0.4, -0.2) is 22.4 Å². The average molecular weight is 312 g/mol. The summed E-state index contributed by atoms with van der Waals surface area (Å²) in [5, 5.41) is 17.3. The summed E-state index contributed by atoms with van der Waals surface area (Å²) in [6.45, 7) is 2.22. The topological polar surface area (TPSA) is 66.8 Å². The summed E-state index contributed by atoms with van der Waals surface area (Å²) in [6, 6.07) is 0. The predicted octanol–water partition coefficient (Wildman–Crippen LogP) is 5.35. The maximum Gasteiger partial charge on any atom is 0.328 e. The van der Waals surface area contributed by atoms with Crippen molar-refractivity contribution in [2.24, 2.45) is 0 Å². The summed E-state index contributed by atoms with van der Waals surface area (Å²) < 4.78 is 0. The predicted molar refractivity (Wildman–Crippen MR) is 89.9 cm³/mol. The van der Waals surface area contributed by atoms with Crippen molar-refractivity contribution >= 4 is 5.97 Å². The lowest BCUT2D eigenvalue weighted by Crippen LogP contribution is -2.10. The van der Waals surface area contributed by atoms with Crippen molar-refractivity contribution in [1.29, 1.82) is 0 Å². The van der Waals surface area contributed by atoms with E-state index < -0.39 is 5.97 Å². The summed E-state index contributed by atoms with van der Waals surface area (Å²) >= 11 is 0. The lowest BCUT2D eigenvalue weighted by Gasteiger charge is -2.12. The van der Waals surface area contributed by atoms with Crippen molar-refractivity contribution < 1.29 is 20.0 Å². The molecule has 2 N–H and O–H groups in total. The van der Waals surface area contributed by atoms with Crippen molar-refractivity contribution in [2.45, 2.75) is 83.7 Å². The zero-order valence-electron chi connectivity index (χ0n) is 13.9. The van der Waals surface area contributed by atoms with Crippen LogP contribution >= 0.6 is 0 Å². The van der Waals surface area contributed by atoms with Crippen molar-refractivity contribution in [3.63, 3.8) is 0 Å². The third-order valence-electron chi connectivity index (χ3n) is 3.66. The molecule has 0 radical (unpaired) electrons. The largest absolute Gasteiger partial charge is 0.478 e. The zero-order chi connectivity index (χ0) is 16.5. The second-order valence-corrected chi connectivity index (χ2v) is 5.69. The Balaban J connectivity index is 3.52. The van der Waals surface area contributed by atoms with Crippen LogP contribution in [0.3, 0.4) is 0 Å². The van der Waals surface area contributed by atoms with Gasteiger partial charge in [0.1, 0.15) is 0 Å². The number of allylic oxidation sites excluding steroid dienone is 3. The minimum atomic E-state index is -0.937. The lowest BCUT2D eigenvalue weighted by atomic mass is 10.0. The molecule has 0 fully saturated rings. The van der Waals surface area contributed by atoms with E-state index in [0.29, 0.717) is 0 Å². The lowest BCUT2D eigenvalue weighted by molar-refractivity contribution is -0.281. The van der Waals surface area contributed by atoms with Crippen LogP contribution in [0.2, 0.25) is 0 Å². The maximum atomic E-state index is 10.3. The number of carboxylic acids is 1. The smallest absolute Gasteiger partial charge is 0.328 e. The van der Waals surface area contributed by atoms with E-state index in [4.69, 9.17) is 10.4 Å². The number of aliphatic carboxylic acids is 1. The molecule has 0 bridgehead atoms. The van der Waals surface area contributed by atoms with Crippen molar-refractivity contribution in [2.75, 3.05) is 0 Å². The molecular formula is C18H32O4. The molecule has 0 saturated carbocycles. The van der Waals surface area contributed by atoms with Gasteiger partial charge in [-0.2, -0.15) is 0 Å². The number of rotatable bonds is 15. The normalized spacial score (nSPS) is 13.2. The van der Waals surface area contributed by atoms with E-state index in [1.807, 2.05) is 6.08 Å². The first-order chi connectivity index (χ1) is 10.7. The molecule has 0 aliphatic heterocycles. The molecule has 4 nitrogen and oxygen atoms in total. The van der Waals surface area contributed by atoms with Crippen molar-refractivity contribution in [3.05, 3.63) is 24.3 Å². The molecule has 0 aromatic carbocycles. The molecule has 1 unspecified atom stereocenters. The number of hydrogen-bond donors (Lipinski definition) is 2. The van der Waals surface area contributed by atoms with Gasteiger partial charge in [0.05, 0.1) is 6.10 Å². The van der Waals surface area contributed by atoms with E-state index in [1.54, 1.807) is 6.08 Å².